The minimum absolute atomic E-state index is 0.0912. The Morgan fingerprint density at radius 1 is 1.56 bits per heavy atom. The Hall–Kier alpha value is -0.580. The van der Waals surface area contributed by atoms with Crippen LogP contribution in [0.15, 0.2) is 22.7 Å². The molecule has 0 spiro atoms. The van der Waals surface area contributed by atoms with Gasteiger partial charge in [0, 0.05) is 22.6 Å². The molecule has 18 heavy (non-hydrogen) atoms. The smallest absolute Gasteiger partial charge is 0.125 e. The van der Waals surface area contributed by atoms with Crippen molar-refractivity contribution < 1.29 is 14.6 Å². The van der Waals surface area contributed by atoms with Crippen molar-refractivity contribution in [2.45, 2.75) is 32.5 Å². The monoisotopic (exact) mass is 314 g/mol. The second-order valence-electron chi connectivity index (χ2n) is 4.59. The molecular weight excluding hydrogens is 296 g/mol. The van der Waals surface area contributed by atoms with E-state index in [1.807, 2.05) is 32.0 Å². The highest BCUT2D eigenvalue weighted by Crippen LogP contribution is 2.38. The Morgan fingerprint density at radius 3 is 2.94 bits per heavy atom. The number of ether oxygens (including phenoxy) is 2. The molecule has 0 aliphatic carbocycles. The van der Waals surface area contributed by atoms with E-state index in [-0.39, 0.29) is 12.0 Å². The normalized spacial score (nSPS) is 25.1. The molecule has 2 rings (SSSR count). The average molecular weight is 315 g/mol. The maximum Gasteiger partial charge on any atom is 0.125 e. The number of aliphatic hydroxyl groups excluding tert-OH is 1. The molecule has 1 heterocycles. The summed E-state index contributed by atoms with van der Waals surface area (Å²) in [4.78, 5) is 0. The van der Waals surface area contributed by atoms with Crippen LogP contribution in [-0.2, 0) is 4.74 Å². The van der Waals surface area contributed by atoms with Gasteiger partial charge >= 0.3 is 0 Å². The van der Waals surface area contributed by atoms with Crippen molar-refractivity contribution in [3.63, 3.8) is 0 Å². The minimum Gasteiger partial charge on any atom is -0.493 e. The molecule has 0 radical (unpaired) electrons. The van der Waals surface area contributed by atoms with Crippen molar-refractivity contribution >= 4 is 15.9 Å². The van der Waals surface area contributed by atoms with Crippen molar-refractivity contribution in [3.8, 4) is 5.75 Å². The topological polar surface area (TPSA) is 38.7 Å². The molecular formula is C14H19BrO3. The molecule has 3 unspecified atom stereocenters. The van der Waals surface area contributed by atoms with Crippen LogP contribution >= 0.6 is 15.9 Å². The van der Waals surface area contributed by atoms with Crippen LogP contribution in [0.1, 0.15) is 31.9 Å². The molecule has 1 saturated heterocycles. The first kappa shape index (κ1) is 13.8. The highest BCUT2D eigenvalue weighted by molar-refractivity contribution is 9.10. The van der Waals surface area contributed by atoms with Crippen LogP contribution in [0.5, 0.6) is 5.75 Å². The van der Waals surface area contributed by atoms with E-state index in [2.05, 4.69) is 15.9 Å². The van der Waals surface area contributed by atoms with Crippen LogP contribution in [0.4, 0.5) is 0 Å². The summed E-state index contributed by atoms with van der Waals surface area (Å²) in [6, 6.07) is 5.75. The highest BCUT2D eigenvalue weighted by atomic mass is 79.9. The molecule has 3 nitrogen and oxygen atoms in total. The predicted octanol–water partition coefficient (Wildman–Crippen LogP) is 3.31. The van der Waals surface area contributed by atoms with E-state index in [1.54, 1.807) is 0 Å². The zero-order valence-electron chi connectivity index (χ0n) is 10.7. The molecule has 0 amide bonds. The second kappa shape index (κ2) is 6.04. The van der Waals surface area contributed by atoms with E-state index >= 15 is 0 Å². The van der Waals surface area contributed by atoms with E-state index in [4.69, 9.17) is 9.47 Å². The number of rotatable bonds is 4. The highest BCUT2D eigenvalue weighted by Gasteiger charge is 2.33. The Labute approximate surface area is 116 Å². The fraction of sp³-hybridized carbons (Fsp3) is 0.571. The van der Waals surface area contributed by atoms with Crippen molar-refractivity contribution in [1.29, 1.82) is 0 Å². The van der Waals surface area contributed by atoms with Crippen LogP contribution in [0.2, 0.25) is 0 Å². The van der Waals surface area contributed by atoms with Crippen LogP contribution in [0, 0.1) is 5.92 Å². The molecule has 1 fully saturated rings. The van der Waals surface area contributed by atoms with E-state index < -0.39 is 6.10 Å². The summed E-state index contributed by atoms with van der Waals surface area (Å²) in [7, 11) is 0. The summed E-state index contributed by atoms with van der Waals surface area (Å²) in [5.41, 5.74) is 0.841. The van der Waals surface area contributed by atoms with Crippen molar-refractivity contribution in [1.82, 2.24) is 0 Å². The molecule has 1 N–H and O–H groups in total. The maximum absolute atomic E-state index is 10.5. The maximum atomic E-state index is 10.5. The third-order valence-corrected chi connectivity index (χ3v) is 3.92. The third-order valence-electron chi connectivity index (χ3n) is 3.43. The van der Waals surface area contributed by atoms with Crippen LogP contribution < -0.4 is 4.74 Å². The summed E-state index contributed by atoms with van der Waals surface area (Å²) in [6.45, 7) is 5.28. The standard InChI is InChI=1S/C14H19BrO3/c1-3-17-13-5-4-10(15)8-12(13)14(16)11-6-7-18-9(11)2/h4-5,8-9,11,14,16H,3,6-7H2,1-2H3. The van der Waals surface area contributed by atoms with Crippen molar-refractivity contribution in [2.75, 3.05) is 13.2 Å². The molecule has 1 aliphatic rings. The fourth-order valence-electron chi connectivity index (χ4n) is 2.43. The molecule has 0 aromatic heterocycles. The fourth-order valence-corrected chi connectivity index (χ4v) is 2.81. The lowest BCUT2D eigenvalue weighted by Gasteiger charge is -2.23. The minimum atomic E-state index is -0.540. The number of hydrogen-bond acceptors (Lipinski definition) is 3. The van der Waals surface area contributed by atoms with Gasteiger partial charge in [0.25, 0.3) is 0 Å². The SMILES string of the molecule is CCOc1ccc(Br)cc1C(O)C1CCOC1C. The Morgan fingerprint density at radius 2 is 2.33 bits per heavy atom. The largest absolute Gasteiger partial charge is 0.493 e. The van der Waals surface area contributed by atoms with Gasteiger partial charge in [0.05, 0.1) is 18.8 Å². The van der Waals surface area contributed by atoms with Gasteiger partial charge in [0.2, 0.25) is 0 Å². The Bertz CT molecular complexity index is 408. The van der Waals surface area contributed by atoms with E-state index in [0.29, 0.717) is 6.61 Å². The first-order valence-electron chi connectivity index (χ1n) is 6.35. The number of benzene rings is 1. The summed E-state index contributed by atoms with van der Waals surface area (Å²) in [6.07, 6.45) is 0.440. The molecule has 4 heteroatoms. The van der Waals surface area contributed by atoms with Crippen LogP contribution in [0.25, 0.3) is 0 Å². The van der Waals surface area contributed by atoms with Gasteiger partial charge in [-0.2, -0.15) is 0 Å². The Balaban J connectivity index is 2.27. The zero-order valence-corrected chi connectivity index (χ0v) is 12.3. The predicted molar refractivity (Wildman–Crippen MR) is 73.8 cm³/mol. The van der Waals surface area contributed by atoms with E-state index in [0.717, 1.165) is 28.8 Å². The second-order valence-corrected chi connectivity index (χ2v) is 5.50. The molecule has 3 atom stereocenters. The summed E-state index contributed by atoms with van der Waals surface area (Å²) in [5, 5.41) is 10.5. The van der Waals surface area contributed by atoms with Gasteiger partial charge in [-0.3, -0.25) is 0 Å². The first-order chi connectivity index (χ1) is 8.63. The lowest BCUT2D eigenvalue weighted by molar-refractivity contribution is 0.0417. The quantitative estimate of drug-likeness (QED) is 0.926. The van der Waals surface area contributed by atoms with Gasteiger partial charge in [0.15, 0.2) is 0 Å². The van der Waals surface area contributed by atoms with E-state index in [1.165, 1.54) is 0 Å². The van der Waals surface area contributed by atoms with Gasteiger partial charge in [0.1, 0.15) is 5.75 Å². The average Bonchev–Trinajstić information content (AvgIpc) is 2.77. The van der Waals surface area contributed by atoms with Crippen LogP contribution in [-0.4, -0.2) is 24.4 Å². The summed E-state index contributed by atoms with van der Waals surface area (Å²) >= 11 is 3.44. The van der Waals surface area contributed by atoms with Gasteiger partial charge in [-0.05, 0) is 38.5 Å². The van der Waals surface area contributed by atoms with Crippen molar-refractivity contribution in [2.24, 2.45) is 5.92 Å². The Kier molecular flexibility index (Phi) is 4.65. The van der Waals surface area contributed by atoms with Gasteiger partial charge in [-0.15, -0.1) is 0 Å². The number of aliphatic hydroxyl groups is 1. The molecule has 0 saturated carbocycles. The zero-order chi connectivity index (χ0) is 13.1. The van der Waals surface area contributed by atoms with Crippen molar-refractivity contribution in [3.05, 3.63) is 28.2 Å². The summed E-state index contributed by atoms with van der Waals surface area (Å²) < 4.78 is 12.1. The molecule has 100 valence electrons. The third kappa shape index (κ3) is 2.87. The first-order valence-corrected chi connectivity index (χ1v) is 7.14. The van der Waals surface area contributed by atoms with Gasteiger partial charge in [-0.25, -0.2) is 0 Å². The van der Waals surface area contributed by atoms with E-state index in [9.17, 15) is 5.11 Å². The molecule has 0 bridgehead atoms. The lowest BCUT2D eigenvalue weighted by Crippen LogP contribution is -2.20. The van der Waals surface area contributed by atoms with Crippen LogP contribution in [0.3, 0.4) is 0 Å². The summed E-state index contributed by atoms with van der Waals surface area (Å²) in [5.74, 6) is 0.894. The molecule has 1 aromatic carbocycles. The lowest BCUT2D eigenvalue weighted by atomic mass is 9.90. The number of halogens is 1. The van der Waals surface area contributed by atoms with Gasteiger partial charge < -0.3 is 14.6 Å². The molecule has 1 aliphatic heterocycles. The number of hydrogen-bond donors (Lipinski definition) is 1. The molecule has 1 aromatic rings. The van der Waals surface area contributed by atoms with Gasteiger partial charge in [-0.1, -0.05) is 15.9 Å².